The van der Waals surface area contributed by atoms with E-state index in [2.05, 4.69) is 39.7 Å². The van der Waals surface area contributed by atoms with Gasteiger partial charge in [0.25, 0.3) is 0 Å². The van der Waals surface area contributed by atoms with Gasteiger partial charge >= 0.3 is 0 Å². The molecule has 29 heavy (non-hydrogen) atoms. The van der Waals surface area contributed by atoms with Crippen LogP contribution >= 0.6 is 0 Å². The Kier molecular flexibility index (Phi) is 4.94. The van der Waals surface area contributed by atoms with Crippen LogP contribution in [0.1, 0.15) is 39.5 Å². The third kappa shape index (κ3) is 3.39. The van der Waals surface area contributed by atoms with Gasteiger partial charge in [-0.15, -0.1) is 0 Å². The molecule has 4 atom stereocenters. The van der Waals surface area contributed by atoms with Crippen molar-refractivity contribution in [1.82, 2.24) is 9.88 Å². The molecule has 2 fully saturated rings. The first-order valence-corrected chi connectivity index (χ1v) is 11.1. The Balaban J connectivity index is 1.34. The molecule has 1 N–H and O–H groups in total. The van der Waals surface area contributed by atoms with Crippen LogP contribution in [0.15, 0.2) is 22.2 Å². The summed E-state index contributed by atoms with van der Waals surface area (Å²) in [5.41, 5.74) is 1.11. The normalized spacial score (nSPS) is 32.1. The minimum absolute atomic E-state index is 0.175. The van der Waals surface area contributed by atoms with E-state index >= 15 is 0 Å². The number of hydrogen-bond donors (Lipinski definition) is 1. The molecule has 5 rings (SSSR count). The van der Waals surface area contributed by atoms with Gasteiger partial charge in [-0.25, -0.2) is 4.99 Å². The number of fused-ring (bicyclic) bond motifs is 3. The van der Waals surface area contributed by atoms with Crippen LogP contribution in [-0.4, -0.2) is 66.2 Å². The molecule has 5 heterocycles. The van der Waals surface area contributed by atoms with Gasteiger partial charge in [0.1, 0.15) is 5.84 Å². The van der Waals surface area contributed by atoms with Crippen molar-refractivity contribution in [3.63, 3.8) is 0 Å². The fraction of sp³-hybridized carbons (Fsp3) is 0.682. The standard InChI is InChI=1S/C22H31N5O2/c1-14-4-8-26(20(28)11-16-5-9-29-10-6-16)13-17(14)22-25-15(2)19-12-24-21-18(27(19)22)3-7-23-21/h3,7,12,14-17,19,23H,4-6,8-11,13H2,1-2H3/t14-,15?,17+,19?/m1/s1. The van der Waals surface area contributed by atoms with Crippen molar-refractivity contribution in [3.8, 4) is 0 Å². The Morgan fingerprint density at radius 1 is 1.28 bits per heavy atom. The Bertz CT molecular complexity index is 825. The number of carbonyl (C=O) groups excluding carboxylic acids is 1. The van der Waals surface area contributed by atoms with Gasteiger partial charge in [0.15, 0.2) is 5.82 Å². The van der Waals surface area contributed by atoms with Crippen LogP contribution in [0.25, 0.3) is 0 Å². The van der Waals surface area contributed by atoms with Gasteiger partial charge in [0, 0.05) is 51.1 Å². The number of amidine groups is 1. The molecule has 0 spiro atoms. The summed E-state index contributed by atoms with van der Waals surface area (Å²) in [6.07, 6.45) is 7.67. The van der Waals surface area contributed by atoms with E-state index in [1.165, 1.54) is 0 Å². The fourth-order valence-electron chi connectivity index (χ4n) is 5.22. The number of nitrogens with one attached hydrogen (secondary N) is 1. The highest BCUT2D eigenvalue weighted by Gasteiger charge is 2.43. The first-order valence-electron chi connectivity index (χ1n) is 11.1. The SMILES string of the molecule is CC1N=C([C@H]2CN(C(=O)CC3CCOCC3)CC[C@H]2C)N2c3cc[nH]c3N=CC12. The maximum atomic E-state index is 13.0. The van der Waals surface area contributed by atoms with Crippen LogP contribution in [0.4, 0.5) is 11.5 Å². The number of carbonyl (C=O) groups is 1. The van der Waals surface area contributed by atoms with E-state index in [9.17, 15) is 4.79 Å². The molecule has 4 aliphatic heterocycles. The summed E-state index contributed by atoms with van der Waals surface area (Å²) in [5, 5.41) is 0. The molecule has 7 heteroatoms. The zero-order valence-corrected chi connectivity index (χ0v) is 17.4. The van der Waals surface area contributed by atoms with E-state index in [4.69, 9.17) is 9.73 Å². The molecule has 0 saturated carbocycles. The lowest BCUT2D eigenvalue weighted by Crippen LogP contribution is -2.51. The van der Waals surface area contributed by atoms with E-state index in [0.717, 1.165) is 62.9 Å². The summed E-state index contributed by atoms with van der Waals surface area (Å²) in [6, 6.07) is 2.44. The van der Waals surface area contributed by atoms with Gasteiger partial charge in [-0.05, 0) is 44.1 Å². The highest BCUT2D eigenvalue weighted by atomic mass is 16.5. The lowest BCUT2D eigenvalue weighted by atomic mass is 9.84. The second kappa shape index (κ2) is 7.59. The van der Waals surface area contributed by atoms with Crippen LogP contribution in [0.5, 0.6) is 0 Å². The number of rotatable bonds is 3. The van der Waals surface area contributed by atoms with Gasteiger partial charge in [0.05, 0.1) is 17.8 Å². The van der Waals surface area contributed by atoms with Crippen LogP contribution < -0.4 is 4.90 Å². The summed E-state index contributed by atoms with van der Waals surface area (Å²) in [7, 11) is 0. The van der Waals surface area contributed by atoms with Gasteiger partial charge in [-0.1, -0.05) is 6.92 Å². The zero-order valence-electron chi connectivity index (χ0n) is 17.4. The molecule has 2 unspecified atom stereocenters. The van der Waals surface area contributed by atoms with E-state index in [-0.39, 0.29) is 18.0 Å². The number of anilines is 1. The minimum atomic E-state index is 0.175. The summed E-state index contributed by atoms with van der Waals surface area (Å²) in [5.74, 6) is 3.59. The number of hydrogen-bond acceptors (Lipinski definition) is 5. The van der Waals surface area contributed by atoms with Crippen LogP contribution in [0.2, 0.25) is 0 Å². The molecule has 1 aromatic heterocycles. The van der Waals surface area contributed by atoms with Gasteiger partial charge < -0.3 is 19.5 Å². The van der Waals surface area contributed by atoms with Gasteiger partial charge in [-0.3, -0.25) is 9.79 Å². The average molecular weight is 398 g/mol. The van der Waals surface area contributed by atoms with Crippen molar-refractivity contribution >= 4 is 29.5 Å². The molecule has 7 nitrogen and oxygen atoms in total. The predicted molar refractivity (Wildman–Crippen MR) is 114 cm³/mol. The van der Waals surface area contributed by atoms with Crippen LogP contribution in [0.3, 0.4) is 0 Å². The third-order valence-electron chi connectivity index (χ3n) is 7.14. The summed E-state index contributed by atoms with van der Waals surface area (Å²) >= 11 is 0. The average Bonchev–Trinajstić information content (AvgIpc) is 3.33. The Labute approximate surface area is 172 Å². The van der Waals surface area contributed by atoms with Crippen molar-refractivity contribution in [1.29, 1.82) is 0 Å². The zero-order chi connectivity index (χ0) is 20.0. The van der Waals surface area contributed by atoms with E-state index < -0.39 is 0 Å². The number of aromatic nitrogens is 1. The Morgan fingerprint density at radius 2 is 2.10 bits per heavy atom. The number of H-pyrrole nitrogens is 1. The summed E-state index contributed by atoms with van der Waals surface area (Å²) in [6.45, 7) is 7.70. The predicted octanol–water partition coefficient (Wildman–Crippen LogP) is 3.01. The number of likely N-dealkylation sites (tertiary alicyclic amines) is 1. The van der Waals surface area contributed by atoms with Crippen molar-refractivity contribution < 1.29 is 9.53 Å². The van der Waals surface area contributed by atoms with E-state index in [1.807, 2.05) is 12.4 Å². The second-order valence-corrected chi connectivity index (χ2v) is 9.05. The topological polar surface area (TPSA) is 73.3 Å². The molecular weight excluding hydrogens is 366 g/mol. The number of piperidine rings is 1. The minimum Gasteiger partial charge on any atom is -0.381 e. The van der Waals surface area contributed by atoms with Crippen LogP contribution in [0, 0.1) is 17.8 Å². The molecular formula is C22H31N5O2. The summed E-state index contributed by atoms with van der Waals surface area (Å²) in [4.78, 5) is 30.4. The Morgan fingerprint density at radius 3 is 2.93 bits per heavy atom. The van der Waals surface area contributed by atoms with Crippen molar-refractivity contribution in [2.75, 3.05) is 31.2 Å². The first kappa shape index (κ1) is 18.9. The number of aliphatic imine (C=N–C) groups is 2. The fourth-order valence-corrected chi connectivity index (χ4v) is 5.22. The molecule has 4 aliphatic rings. The van der Waals surface area contributed by atoms with Gasteiger partial charge in [0.2, 0.25) is 5.91 Å². The monoisotopic (exact) mass is 397 g/mol. The molecule has 1 amide bonds. The molecule has 0 aromatic carbocycles. The quantitative estimate of drug-likeness (QED) is 0.852. The second-order valence-electron chi connectivity index (χ2n) is 9.05. The number of nitrogens with zero attached hydrogens (tertiary/aromatic N) is 4. The smallest absolute Gasteiger partial charge is 0.222 e. The molecule has 1 aromatic rings. The highest BCUT2D eigenvalue weighted by molar-refractivity contribution is 6.09. The largest absolute Gasteiger partial charge is 0.381 e. The van der Waals surface area contributed by atoms with Gasteiger partial charge in [-0.2, -0.15) is 0 Å². The lowest BCUT2D eigenvalue weighted by molar-refractivity contribution is -0.134. The number of ether oxygens (including phenoxy) is 1. The van der Waals surface area contributed by atoms with Crippen LogP contribution in [-0.2, 0) is 9.53 Å². The first-order chi connectivity index (χ1) is 14.1. The Hall–Kier alpha value is -2.15. The summed E-state index contributed by atoms with van der Waals surface area (Å²) < 4.78 is 5.45. The molecule has 0 aliphatic carbocycles. The van der Waals surface area contributed by atoms with Crippen molar-refractivity contribution in [2.24, 2.45) is 27.7 Å². The maximum absolute atomic E-state index is 13.0. The van der Waals surface area contributed by atoms with Crippen molar-refractivity contribution in [3.05, 3.63) is 12.3 Å². The van der Waals surface area contributed by atoms with Crippen molar-refractivity contribution in [2.45, 2.75) is 51.6 Å². The number of amides is 1. The molecule has 0 bridgehead atoms. The molecule has 2 saturated heterocycles. The molecule has 0 radical (unpaired) electrons. The van der Waals surface area contributed by atoms with E-state index in [1.54, 1.807) is 0 Å². The third-order valence-corrected chi connectivity index (χ3v) is 7.14. The lowest BCUT2D eigenvalue weighted by Gasteiger charge is -2.41. The van der Waals surface area contributed by atoms with E-state index in [0.29, 0.717) is 24.2 Å². The maximum Gasteiger partial charge on any atom is 0.222 e. The molecule has 156 valence electrons. The highest BCUT2D eigenvalue weighted by Crippen LogP contribution is 2.40. The number of aromatic amines is 1.